The molecule has 1 amide bonds. The molecule has 3 N–H and O–H groups in total. The molecule has 0 aliphatic rings. The van der Waals surface area contributed by atoms with E-state index in [0.717, 1.165) is 6.42 Å². The topological polar surface area (TPSA) is 55.1 Å². The van der Waals surface area contributed by atoms with E-state index in [2.05, 4.69) is 19.2 Å². The van der Waals surface area contributed by atoms with Crippen molar-refractivity contribution in [3.8, 4) is 0 Å². The molecule has 3 nitrogen and oxygen atoms in total. The van der Waals surface area contributed by atoms with Crippen LogP contribution in [0.3, 0.4) is 0 Å². The maximum absolute atomic E-state index is 12.0. The van der Waals surface area contributed by atoms with Crippen LogP contribution >= 0.6 is 12.2 Å². The molecule has 0 rings (SSSR count). The van der Waals surface area contributed by atoms with Crippen molar-refractivity contribution in [2.45, 2.75) is 47.1 Å². The van der Waals surface area contributed by atoms with Gasteiger partial charge in [-0.15, -0.1) is 0 Å². The van der Waals surface area contributed by atoms with Gasteiger partial charge in [-0.1, -0.05) is 46.3 Å². The van der Waals surface area contributed by atoms with E-state index in [-0.39, 0.29) is 28.8 Å². The highest BCUT2D eigenvalue weighted by Crippen LogP contribution is 2.13. The predicted octanol–water partition coefficient (Wildman–Crippen LogP) is 2.10. The number of carbonyl (C=O) groups is 1. The van der Waals surface area contributed by atoms with E-state index in [0.29, 0.717) is 5.92 Å². The zero-order valence-electron chi connectivity index (χ0n) is 10.9. The van der Waals surface area contributed by atoms with Gasteiger partial charge in [0.25, 0.3) is 0 Å². The van der Waals surface area contributed by atoms with Gasteiger partial charge in [-0.2, -0.15) is 0 Å². The summed E-state index contributed by atoms with van der Waals surface area (Å²) in [4.78, 5) is 12.3. The van der Waals surface area contributed by atoms with E-state index < -0.39 is 0 Å². The van der Waals surface area contributed by atoms with Gasteiger partial charge in [0.05, 0.1) is 10.9 Å². The molecule has 0 aromatic carbocycles. The van der Waals surface area contributed by atoms with Crippen molar-refractivity contribution in [3.63, 3.8) is 0 Å². The third-order valence-electron chi connectivity index (χ3n) is 3.12. The number of thiocarbonyl (C=S) groups is 1. The zero-order chi connectivity index (χ0) is 12.9. The Morgan fingerprint density at radius 1 is 1.31 bits per heavy atom. The van der Waals surface area contributed by atoms with Gasteiger partial charge in [0, 0.05) is 6.04 Å². The van der Waals surface area contributed by atoms with Crippen LogP contribution in [0.5, 0.6) is 0 Å². The van der Waals surface area contributed by atoms with E-state index >= 15 is 0 Å². The van der Waals surface area contributed by atoms with Crippen LogP contribution in [0.2, 0.25) is 0 Å². The Morgan fingerprint density at radius 3 is 2.12 bits per heavy atom. The fourth-order valence-corrected chi connectivity index (χ4v) is 1.95. The fraction of sp³-hybridized carbons (Fsp3) is 0.833. The van der Waals surface area contributed by atoms with E-state index in [1.807, 2.05) is 20.8 Å². The average Bonchev–Trinajstić information content (AvgIpc) is 2.14. The number of amides is 1. The van der Waals surface area contributed by atoms with E-state index in [1.54, 1.807) is 0 Å². The minimum absolute atomic E-state index is 0.0460. The van der Waals surface area contributed by atoms with Crippen LogP contribution in [0.1, 0.15) is 41.0 Å². The molecule has 0 aromatic rings. The fourth-order valence-electron chi connectivity index (χ4n) is 1.57. The average molecular weight is 244 g/mol. The molecule has 3 unspecified atom stereocenters. The van der Waals surface area contributed by atoms with Gasteiger partial charge in [0.15, 0.2) is 0 Å². The Labute approximate surface area is 104 Å². The van der Waals surface area contributed by atoms with Gasteiger partial charge >= 0.3 is 0 Å². The van der Waals surface area contributed by atoms with Gasteiger partial charge in [-0.05, 0) is 18.8 Å². The molecule has 0 heterocycles. The Bertz CT molecular complexity index is 253. The lowest BCUT2D eigenvalue weighted by Crippen LogP contribution is -2.45. The van der Waals surface area contributed by atoms with E-state index in [4.69, 9.17) is 18.0 Å². The molecule has 0 radical (unpaired) electrons. The Balaban J connectivity index is 4.48. The summed E-state index contributed by atoms with van der Waals surface area (Å²) in [7, 11) is 0. The van der Waals surface area contributed by atoms with Gasteiger partial charge in [-0.25, -0.2) is 0 Å². The van der Waals surface area contributed by atoms with Crippen molar-refractivity contribution < 1.29 is 4.79 Å². The molecule has 0 fully saturated rings. The van der Waals surface area contributed by atoms with Crippen LogP contribution in [-0.2, 0) is 4.79 Å². The number of nitrogens with one attached hydrogen (secondary N) is 1. The summed E-state index contributed by atoms with van der Waals surface area (Å²) in [5.74, 6) is 0.196. The molecule has 0 aliphatic heterocycles. The zero-order valence-corrected chi connectivity index (χ0v) is 11.7. The minimum atomic E-state index is -0.360. The van der Waals surface area contributed by atoms with Crippen molar-refractivity contribution in [3.05, 3.63) is 0 Å². The molecule has 3 atom stereocenters. The van der Waals surface area contributed by atoms with Crippen molar-refractivity contribution in [2.75, 3.05) is 0 Å². The highest BCUT2D eigenvalue weighted by Gasteiger charge is 2.26. The van der Waals surface area contributed by atoms with E-state index in [9.17, 15) is 4.79 Å². The van der Waals surface area contributed by atoms with Crippen molar-refractivity contribution >= 4 is 23.1 Å². The lowest BCUT2D eigenvalue weighted by molar-refractivity contribution is -0.124. The number of nitrogens with two attached hydrogens (primary N) is 1. The largest absolute Gasteiger partial charge is 0.393 e. The number of carbonyl (C=O) groups excluding carboxylic acids is 1. The maximum Gasteiger partial charge on any atom is 0.230 e. The number of rotatable bonds is 6. The van der Waals surface area contributed by atoms with Crippen molar-refractivity contribution in [1.29, 1.82) is 0 Å². The molecule has 0 spiro atoms. The highest BCUT2D eigenvalue weighted by molar-refractivity contribution is 7.80. The molecular formula is C12H24N2OS. The first kappa shape index (κ1) is 15.4. The second kappa shape index (κ2) is 6.84. The van der Waals surface area contributed by atoms with Crippen molar-refractivity contribution in [1.82, 2.24) is 5.32 Å². The van der Waals surface area contributed by atoms with Gasteiger partial charge < -0.3 is 11.1 Å². The van der Waals surface area contributed by atoms with Crippen LogP contribution in [0.25, 0.3) is 0 Å². The SMILES string of the molecule is CCC(C)C(C)NC(=O)C(C(N)=S)C(C)C. The van der Waals surface area contributed by atoms with Crippen molar-refractivity contribution in [2.24, 2.45) is 23.5 Å². The Hall–Kier alpha value is -0.640. The van der Waals surface area contributed by atoms with Crippen LogP contribution in [0.15, 0.2) is 0 Å². The Kier molecular flexibility index (Phi) is 6.56. The second-order valence-corrected chi connectivity index (χ2v) is 5.28. The molecule has 0 saturated heterocycles. The van der Waals surface area contributed by atoms with E-state index in [1.165, 1.54) is 0 Å². The maximum atomic E-state index is 12.0. The lowest BCUT2D eigenvalue weighted by atomic mass is 9.93. The summed E-state index contributed by atoms with van der Waals surface area (Å²) in [5, 5.41) is 2.99. The summed E-state index contributed by atoms with van der Waals surface area (Å²) in [6.07, 6.45) is 1.04. The monoisotopic (exact) mass is 244 g/mol. The molecular weight excluding hydrogens is 220 g/mol. The van der Waals surface area contributed by atoms with Crippen LogP contribution < -0.4 is 11.1 Å². The summed E-state index contributed by atoms with van der Waals surface area (Å²) in [6, 6.07) is 0.160. The molecule has 0 bridgehead atoms. The van der Waals surface area contributed by atoms with Crippen LogP contribution in [0, 0.1) is 17.8 Å². The summed E-state index contributed by atoms with van der Waals surface area (Å²) < 4.78 is 0. The number of hydrogen-bond donors (Lipinski definition) is 2. The first-order valence-electron chi connectivity index (χ1n) is 5.90. The standard InChI is InChI=1S/C12H24N2OS/c1-6-8(4)9(5)14-12(15)10(7(2)3)11(13)16/h7-10H,6H2,1-5H3,(H2,13,16)(H,14,15). The van der Waals surface area contributed by atoms with Gasteiger partial charge in [-0.3, -0.25) is 4.79 Å². The molecule has 4 heteroatoms. The molecule has 16 heavy (non-hydrogen) atoms. The molecule has 0 aromatic heterocycles. The lowest BCUT2D eigenvalue weighted by Gasteiger charge is -2.25. The van der Waals surface area contributed by atoms with Gasteiger partial charge in [0.1, 0.15) is 0 Å². The van der Waals surface area contributed by atoms with Crippen LogP contribution in [-0.4, -0.2) is 16.9 Å². The molecule has 0 saturated carbocycles. The quantitative estimate of drug-likeness (QED) is 0.704. The number of hydrogen-bond acceptors (Lipinski definition) is 2. The first-order chi connectivity index (χ1) is 7.31. The third-order valence-corrected chi connectivity index (χ3v) is 3.38. The molecule has 0 aliphatic carbocycles. The predicted molar refractivity (Wildman–Crippen MR) is 72.2 cm³/mol. The van der Waals surface area contributed by atoms with Crippen LogP contribution in [0.4, 0.5) is 0 Å². The Morgan fingerprint density at radius 2 is 1.81 bits per heavy atom. The first-order valence-corrected chi connectivity index (χ1v) is 6.31. The summed E-state index contributed by atoms with van der Waals surface area (Å²) >= 11 is 4.93. The third kappa shape index (κ3) is 4.47. The molecule has 94 valence electrons. The summed E-state index contributed by atoms with van der Waals surface area (Å²) in [5.41, 5.74) is 5.59. The second-order valence-electron chi connectivity index (χ2n) is 4.81. The smallest absolute Gasteiger partial charge is 0.230 e. The minimum Gasteiger partial charge on any atom is -0.393 e. The van der Waals surface area contributed by atoms with Gasteiger partial charge in [0.2, 0.25) is 5.91 Å². The highest BCUT2D eigenvalue weighted by atomic mass is 32.1. The normalized spacial score (nSPS) is 16.6. The summed E-state index contributed by atoms with van der Waals surface area (Å²) in [6.45, 7) is 10.2.